The van der Waals surface area contributed by atoms with Gasteiger partial charge < -0.3 is 5.32 Å². The summed E-state index contributed by atoms with van der Waals surface area (Å²) in [7, 11) is 0. The summed E-state index contributed by atoms with van der Waals surface area (Å²) in [5, 5.41) is 3.64. The molecule has 0 aliphatic heterocycles. The Kier molecular flexibility index (Phi) is 4.99. The number of rotatable bonds is 5. The van der Waals surface area contributed by atoms with E-state index in [2.05, 4.69) is 47.6 Å². The maximum absolute atomic E-state index is 12.8. The molecule has 4 heteroatoms. The molecule has 0 saturated heterocycles. The van der Waals surface area contributed by atoms with Gasteiger partial charge in [-0.2, -0.15) is 0 Å². The second-order valence-corrected chi connectivity index (χ2v) is 7.65. The first kappa shape index (κ1) is 17.4. The van der Waals surface area contributed by atoms with E-state index in [4.69, 9.17) is 0 Å². The van der Waals surface area contributed by atoms with Gasteiger partial charge in [-0.3, -0.25) is 4.79 Å². The molecule has 0 fully saturated rings. The van der Waals surface area contributed by atoms with Gasteiger partial charge in [0.05, 0.1) is 10.2 Å². The summed E-state index contributed by atoms with van der Waals surface area (Å²) in [6.45, 7) is 2.06. The van der Waals surface area contributed by atoms with Crippen LogP contribution in [0.5, 0.6) is 0 Å². The Morgan fingerprint density at radius 3 is 2.22 bits per heavy atom. The first-order valence-electron chi connectivity index (χ1n) is 8.96. The van der Waals surface area contributed by atoms with E-state index in [-0.39, 0.29) is 11.8 Å². The number of aryl methyl sites for hydroxylation is 1. The zero-order valence-electron chi connectivity index (χ0n) is 15.1. The zero-order chi connectivity index (χ0) is 18.6. The summed E-state index contributed by atoms with van der Waals surface area (Å²) in [6.07, 6.45) is 0.378. The summed E-state index contributed by atoms with van der Waals surface area (Å²) in [5.41, 5.74) is 4.39. The highest BCUT2D eigenvalue weighted by Gasteiger charge is 2.19. The molecular weight excluding hydrogens is 352 g/mol. The van der Waals surface area contributed by atoms with Crippen molar-refractivity contribution in [3.8, 4) is 0 Å². The Labute approximate surface area is 162 Å². The molecule has 3 aromatic carbocycles. The normalized spacial score (nSPS) is 11.0. The Balaban J connectivity index is 1.56. The molecule has 134 valence electrons. The molecule has 3 nitrogen and oxygen atoms in total. The number of hydrogen-bond donors (Lipinski definition) is 1. The van der Waals surface area contributed by atoms with Crippen LogP contribution in [0.3, 0.4) is 0 Å². The molecule has 1 amide bonds. The lowest BCUT2D eigenvalue weighted by Crippen LogP contribution is -2.16. The van der Waals surface area contributed by atoms with Crippen molar-refractivity contribution in [3.05, 3.63) is 95.6 Å². The van der Waals surface area contributed by atoms with E-state index in [0.717, 1.165) is 21.3 Å². The topological polar surface area (TPSA) is 42.0 Å². The highest BCUT2D eigenvalue weighted by molar-refractivity contribution is 7.22. The standard InChI is InChI=1S/C23H20N2OS/c1-16-12-13-20-21(14-16)27-23(24-20)25-22(26)15-19(17-8-4-2-5-9-17)18-10-6-3-7-11-18/h2-14,19H,15H2,1H3,(H,24,25,26). The molecular formula is C23H20N2OS. The van der Waals surface area contributed by atoms with Crippen molar-refractivity contribution >= 4 is 32.6 Å². The lowest BCUT2D eigenvalue weighted by Gasteiger charge is -2.17. The van der Waals surface area contributed by atoms with Crippen LogP contribution < -0.4 is 5.32 Å². The van der Waals surface area contributed by atoms with E-state index >= 15 is 0 Å². The van der Waals surface area contributed by atoms with Gasteiger partial charge in [0.2, 0.25) is 5.91 Å². The lowest BCUT2D eigenvalue weighted by atomic mass is 9.88. The van der Waals surface area contributed by atoms with Crippen molar-refractivity contribution < 1.29 is 4.79 Å². The van der Waals surface area contributed by atoms with E-state index in [1.807, 2.05) is 48.5 Å². The van der Waals surface area contributed by atoms with Gasteiger partial charge in [-0.05, 0) is 35.7 Å². The van der Waals surface area contributed by atoms with Crippen LogP contribution in [-0.2, 0) is 4.79 Å². The minimum Gasteiger partial charge on any atom is -0.302 e. The third-order valence-electron chi connectivity index (χ3n) is 4.58. The van der Waals surface area contributed by atoms with Gasteiger partial charge in [-0.25, -0.2) is 4.98 Å². The van der Waals surface area contributed by atoms with E-state index in [9.17, 15) is 4.79 Å². The highest BCUT2D eigenvalue weighted by Crippen LogP contribution is 2.30. The fraction of sp³-hybridized carbons (Fsp3) is 0.130. The average molecular weight is 372 g/mol. The predicted octanol–water partition coefficient (Wildman–Crippen LogP) is 5.77. The van der Waals surface area contributed by atoms with Gasteiger partial charge in [0.25, 0.3) is 0 Å². The van der Waals surface area contributed by atoms with Gasteiger partial charge in [0.1, 0.15) is 0 Å². The number of carbonyl (C=O) groups excluding carboxylic acids is 1. The molecule has 0 unspecified atom stereocenters. The summed E-state index contributed by atoms with van der Waals surface area (Å²) < 4.78 is 1.09. The highest BCUT2D eigenvalue weighted by atomic mass is 32.1. The van der Waals surface area contributed by atoms with Crippen molar-refractivity contribution in [2.45, 2.75) is 19.3 Å². The van der Waals surface area contributed by atoms with E-state index in [1.165, 1.54) is 16.9 Å². The van der Waals surface area contributed by atoms with Crippen LogP contribution in [-0.4, -0.2) is 10.9 Å². The molecule has 0 spiro atoms. The third kappa shape index (κ3) is 4.07. The van der Waals surface area contributed by atoms with Crippen molar-refractivity contribution in [2.75, 3.05) is 5.32 Å². The van der Waals surface area contributed by atoms with Crippen LogP contribution in [0.25, 0.3) is 10.2 Å². The first-order chi connectivity index (χ1) is 13.2. The summed E-state index contributed by atoms with van der Waals surface area (Å²) in [4.78, 5) is 17.3. The monoisotopic (exact) mass is 372 g/mol. The van der Waals surface area contributed by atoms with Crippen LogP contribution >= 0.6 is 11.3 Å². The molecule has 0 saturated carbocycles. The largest absolute Gasteiger partial charge is 0.302 e. The van der Waals surface area contributed by atoms with Crippen LogP contribution in [0.2, 0.25) is 0 Å². The molecule has 1 heterocycles. The fourth-order valence-electron chi connectivity index (χ4n) is 3.24. The molecule has 0 bridgehead atoms. The Morgan fingerprint density at radius 1 is 0.963 bits per heavy atom. The number of benzene rings is 3. The van der Waals surface area contributed by atoms with Crippen molar-refractivity contribution in [1.82, 2.24) is 4.98 Å². The van der Waals surface area contributed by atoms with Gasteiger partial charge in [-0.1, -0.05) is 78.1 Å². The van der Waals surface area contributed by atoms with Gasteiger partial charge in [0.15, 0.2) is 5.13 Å². The number of nitrogens with one attached hydrogen (secondary N) is 1. The van der Waals surface area contributed by atoms with Crippen molar-refractivity contribution in [3.63, 3.8) is 0 Å². The molecule has 1 N–H and O–H groups in total. The Bertz CT molecular complexity index is 1020. The molecule has 4 aromatic rings. The van der Waals surface area contributed by atoms with Crippen LogP contribution in [0.1, 0.15) is 29.0 Å². The van der Waals surface area contributed by atoms with Gasteiger partial charge in [-0.15, -0.1) is 0 Å². The van der Waals surface area contributed by atoms with Crippen molar-refractivity contribution in [1.29, 1.82) is 0 Å². The van der Waals surface area contributed by atoms with Crippen molar-refractivity contribution in [2.24, 2.45) is 0 Å². The zero-order valence-corrected chi connectivity index (χ0v) is 15.9. The number of thiazole rings is 1. The molecule has 27 heavy (non-hydrogen) atoms. The maximum atomic E-state index is 12.8. The SMILES string of the molecule is Cc1ccc2nc(NC(=O)CC(c3ccccc3)c3ccccc3)sc2c1. The summed E-state index contributed by atoms with van der Waals surface area (Å²) >= 11 is 1.52. The third-order valence-corrected chi connectivity index (χ3v) is 5.52. The number of aromatic nitrogens is 1. The molecule has 4 rings (SSSR count). The summed E-state index contributed by atoms with van der Waals surface area (Å²) in [6, 6.07) is 26.5. The van der Waals surface area contributed by atoms with Gasteiger partial charge in [0, 0.05) is 12.3 Å². The number of fused-ring (bicyclic) bond motifs is 1. The fourth-order valence-corrected chi connectivity index (χ4v) is 4.22. The van der Waals surface area contributed by atoms with Crippen LogP contribution in [0, 0.1) is 6.92 Å². The van der Waals surface area contributed by atoms with E-state index in [1.54, 1.807) is 0 Å². The molecule has 0 aliphatic carbocycles. The van der Waals surface area contributed by atoms with Gasteiger partial charge >= 0.3 is 0 Å². The number of hydrogen-bond acceptors (Lipinski definition) is 3. The second kappa shape index (κ2) is 7.72. The quantitative estimate of drug-likeness (QED) is 0.483. The Morgan fingerprint density at radius 2 is 1.59 bits per heavy atom. The number of nitrogens with zero attached hydrogens (tertiary/aromatic N) is 1. The first-order valence-corrected chi connectivity index (χ1v) is 9.77. The predicted molar refractivity (Wildman–Crippen MR) is 112 cm³/mol. The lowest BCUT2D eigenvalue weighted by molar-refractivity contribution is -0.116. The number of anilines is 1. The minimum absolute atomic E-state index is 0.0176. The number of carbonyl (C=O) groups is 1. The maximum Gasteiger partial charge on any atom is 0.227 e. The molecule has 0 aliphatic rings. The van der Waals surface area contributed by atoms with E-state index in [0.29, 0.717) is 11.6 Å². The summed E-state index contributed by atoms with van der Waals surface area (Å²) in [5.74, 6) is -0.00694. The Hall–Kier alpha value is -2.98. The smallest absolute Gasteiger partial charge is 0.227 e. The number of amides is 1. The average Bonchev–Trinajstić information content (AvgIpc) is 3.08. The molecule has 0 radical (unpaired) electrons. The van der Waals surface area contributed by atoms with Crippen LogP contribution in [0.4, 0.5) is 5.13 Å². The van der Waals surface area contributed by atoms with E-state index < -0.39 is 0 Å². The molecule has 0 atom stereocenters. The van der Waals surface area contributed by atoms with Crippen LogP contribution in [0.15, 0.2) is 78.9 Å². The minimum atomic E-state index is -0.0246. The molecule has 1 aromatic heterocycles. The second-order valence-electron chi connectivity index (χ2n) is 6.62.